The van der Waals surface area contributed by atoms with Crippen molar-refractivity contribution in [3.05, 3.63) is 23.8 Å². The molecular weight excluding hydrogens is 258 g/mol. The van der Waals surface area contributed by atoms with Crippen molar-refractivity contribution in [1.29, 1.82) is 0 Å². The highest BCUT2D eigenvalue weighted by molar-refractivity contribution is 6.52. The summed E-state index contributed by atoms with van der Waals surface area (Å²) >= 11 is 0. The Morgan fingerprint density at radius 1 is 1.20 bits per heavy atom. The van der Waals surface area contributed by atoms with Crippen molar-refractivity contribution in [3.8, 4) is 5.75 Å². The van der Waals surface area contributed by atoms with E-state index in [9.17, 15) is 9.59 Å². The van der Waals surface area contributed by atoms with Crippen molar-refractivity contribution in [2.45, 2.75) is 19.8 Å². The van der Waals surface area contributed by atoms with E-state index >= 15 is 0 Å². The number of unbranched alkanes of at least 4 members (excludes halogenated alkanes) is 1. The number of fused-ring (bicyclic) bond motifs is 1. The quantitative estimate of drug-likeness (QED) is 0.565. The van der Waals surface area contributed by atoms with E-state index in [4.69, 9.17) is 9.47 Å². The first-order valence-electron chi connectivity index (χ1n) is 6.81. The fraction of sp³-hybridized carbons (Fsp3) is 0.467. The van der Waals surface area contributed by atoms with Gasteiger partial charge in [-0.1, -0.05) is 13.3 Å². The number of carbonyl (C=O) groups is 2. The number of nitrogens with zero attached hydrogens (tertiary/aromatic N) is 1. The molecule has 1 aliphatic heterocycles. The number of Topliss-reactive ketones (excluding diaryl/α,β-unsaturated/α-hetero) is 1. The van der Waals surface area contributed by atoms with Crippen LogP contribution in [0.4, 0.5) is 5.69 Å². The van der Waals surface area contributed by atoms with E-state index in [0.717, 1.165) is 12.8 Å². The number of ketones is 1. The molecule has 0 bridgehead atoms. The molecule has 0 aliphatic carbocycles. The lowest BCUT2D eigenvalue weighted by Crippen LogP contribution is -2.32. The van der Waals surface area contributed by atoms with E-state index in [1.54, 1.807) is 18.2 Å². The molecule has 2 rings (SSSR count). The molecule has 0 N–H and O–H groups in total. The van der Waals surface area contributed by atoms with Gasteiger partial charge >= 0.3 is 0 Å². The van der Waals surface area contributed by atoms with Crippen LogP contribution in [0.2, 0.25) is 0 Å². The van der Waals surface area contributed by atoms with Crippen LogP contribution in [0.5, 0.6) is 5.75 Å². The van der Waals surface area contributed by atoms with Gasteiger partial charge in [0, 0.05) is 13.2 Å². The minimum atomic E-state index is -0.493. The summed E-state index contributed by atoms with van der Waals surface area (Å²) in [5, 5.41) is 0. The minimum Gasteiger partial charge on any atom is -0.497 e. The van der Waals surface area contributed by atoms with Crippen LogP contribution >= 0.6 is 0 Å². The summed E-state index contributed by atoms with van der Waals surface area (Å²) in [7, 11) is 1.53. The third-order valence-electron chi connectivity index (χ3n) is 3.28. The van der Waals surface area contributed by atoms with Crippen LogP contribution in [0.25, 0.3) is 0 Å². The number of carbonyl (C=O) groups excluding carboxylic acids is 2. The highest BCUT2D eigenvalue weighted by Gasteiger charge is 2.35. The van der Waals surface area contributed by atoms with Crippen molar-refractivity contribution in [2.24, 2.45) is 0 Å². The van der Waals surface area contributed by atoms with E-state index in [-0.39, 0.29) is 0 Å². The predicted molar refractivity (Wildman–Crippen MR) is 75.4 cm³/mol. The van der Waals surface area contributed by atoms with E-state index in [1.807, 2.05) is 0 Å². The van der Waals surface area contributed by atoms with Gasteiger partial charge in [0.25, 0.3) is 11.7 Å². The summed E-state index contributed by atoms with van der Waals surface area (Å²) in [5.74, 6) is -0.397. The first-order chi connectivity index (χ1) is 9.69. The minimum absolute atomic E-state index is 0.396. The average Bonchev–Trinajstić information content (AvgIpc) is 2.71. The molecule has 0 fully saturated rings. The molecule has 1 heterocycles. The van der Waals surface area contributed by atoms with Crippen molar-refractivity contribution in [2.75, 3.05) is 31.8 Å². The molecule has 0 aromatic heterocycles. The van der Waals surface area contributed by atoms with Crippen LogP contribution in [0, 0.1) is 0 Å². The Morgan fingerprint density at radius 3 is 2.70 bits per heavy atom. The maximum atomic E-state index is 12.0. The molecule has 1 aliphatic rings. The lowest BCUT2D eigenvalue weighted by Gasteiger charge is -2.16. The first-order valence-corrected chi connectivity index (χ1v) is 6.81. The van der Waals surface area contributed by atoms with Crippen molar-refractivity contribution < 1.29 is 19.1 Å². The van der Waals surface area contributed by atoms with Gasteiger partial charge in [0.05, 0.1) is 25.0 Å². The Hall–Kier alpha value is -1.88. The van der Waals surface area contributed by atoms with Gasteiger partial charge in [-0.2, -0.15) is 0 Å². The van der Waals surface area contributed by atoms with Crippen LogP contribution in [0.1, 0.15) is 30.1 Å². The number of anilines is 1. The smallest absolute Gasteiger partial charge is 0.299 e. The first kappa shape index (κ1) is 14.5. The molecule has 0 spiro atoms. The third kappa shape index (κ3) is 2.82. The van der Waals surface area contributed by atoms with Gasteiger partial charge in [-0.05, 0) is 24.6 Å². The van der Waals surface area contributed by atoms with Gasteiger partial charge in [0.15, 0.2) is 0 Å². The summed E-state index contributed by atoms with van der Waals surface area (Å²) < 4.78 is 10.5. The topological polar surface area (TPSA) is 55.8 Å². The van der Waals surface area contributed by atoms with Crippen LogP contribution in [-0.4, -0.2) is 38.6 Å². The van der Waals surface area contributed by atoms with Gasteiger partial charge < -0.3 is 14.4 Å². The number of hydrogen-bond acceptors (Lipinski definition) is 4. The summed E-state index contributed by atoms with van der Waals surface area (Å²) in [6.07, 6.45) is 2.07. The third-order valence-corrected chi connectivity index (χ3v) is 3.28. The standard InChI is InChI=1S/C15H19NO4/c1-3-4-8-20-9-7-16-13-6-5-11(19-2)10-12(13)14(17)15(16)18/h5-6,10H,3-4,7-9H2,1-2H3. The Kier molecular flexibility index (Phi) is 4.74. The Morgan fingerprint density at radius 2 is 2.00 bits per heavy atom. The normalized spacial score (nSPS) is 13.8. The van der Waals surface area contributed by atoms with Crippen LogP contribution in [0.3, 0.4) is 0 Å². The molecule has 0 saturated heterocycles. The molecule has 108 valence electrons. The van der Waals surface area contributed by atoms with Crippen LogP contribution in [-0.2, 0) is 9.53 Å². The molecule has 1 aromatic carbocycles. The average molecular weight is 277 g/mol. The van der Waals surface area contributed by atoms with Crippen molar-refractivity contribution in [3.63, 3.8) is 0 Å². The fourth-order valence-electron chi connectivity index (χ4n) is 2.13. The Bertz CT molecular complexity index is 513. The van der Waals surface area contributed by atoms with Crippen molar-refractivity contribution in [1.82, 2.24) is 0 Å². The summed E-state index contributed by atoms with van der Waals surface area (Å²) in [4.78, 5) is 25.4. The van der Waals surface area contributed by atoms with Gasteiger partial charge in [-0.3, -0.25) is 9.59 Å². The lowest BCUT2D eigenvalue weighted by molar-refractivity contribution is -0.114. The maximum absolute atomic E-state index is 12.0. The van der Waals surface area contributed by atoms with Gasteiger partial charge in [0.2, 0.25) is 0 Å². The van der Waals surface area contributed by atoms with Gasteiger partial charge in [0.1, 0.15) is 5.75 Å². The number of benzene rings is 1. The predicted octanol–water partition coefficient (Wildman–Crippen LogP) is 2.04. The highest BCUT2D eigenvalue weighted by Crippen LogP contribution is 2.31. The highest BCUT2D eigenvalue weighted by atomic mass is 16.5. The van der Waals surface area contributed by atoms with E-state index in [2.05, 4.69) is 6.92 Å². The van der Waals surface area contributed by atoms with E-state index < -0.39 is 11.7 Å². The Balaban J connectivity index is 2.05. The number of rotatable bonds is 7. The number of amides is 1. The summed E-state index contributed by atoms with van der Waals surface area (Å²) in [5.41, 5.74) is 1.04. The molecule has 5 nitrogen and oxygen atoms in total. The molecule has 5 heteroatoms. The number of ether oxygens (including phenoxy) is 2. The van der Waals surface area contributed by atoms with Crippen LogP contribution in [0.15, 0.2) is 18.2 Å². The lowest BCUT2D eigenvalue weighted by atomic mass is 10.1. The molecule has 20 heavy (non-hydrogen) atoms. The molecular formula is C15H19NO4. The zero-order chi connectivity index (χ0) is 14.5. The number of methoxy groups -OCH3 is 1. The second kappa shape index (κ2) is 6.52. The molecule has 1 aromatic rings. The SMILES string of the molecule is CCCCOCCN1C(=O)C(=O)c2cc(OC)ccc21. The van der Waals surface area contributed by atoms with Crippen LogP contribution < -0.4 is 9.64 Å². The second-order valence-corrected chi connectivity index (χ2v) is 4.63. The van der Waals surface area contributed by atoms with E-state index in [1.165, 1.54) is 12.0 Å². The largest absolute Gasteiger partial charge is 0.497 e. The summed E-state index contributed by atoms with van der Waals surface area (Å²) in [6, 6.07) is 5.09. The zero-order valence-electron chi connectivity index (χ0n) is 11.8. The van der Waals surface area contributed by atoms with Gasteiger partial charge in [-0.15, -0.1) is 0 Å². The number of hydrogen-bond donors (Lipinski definition) is 0. The van der Waals surface area contributed by atoms with E-state index in [0.29, 0.717) is 36.8 Å². The zero-order valence-corrected chi connectivity index (χ0v) is 11.8. The molecule has 0 saturated carbocycles. The summed E-state index contributed by atoms with van der Waals surface area (Å²) in [6.45, 7) is 3.61. The molecule has 0 unspecified atom stereocenters. The molecule has 0 atom stereocenters. The monoisotopic (exact) mass is 277 g/mol. The van der Waals surface area contributed by atoms with Gasteiger partial charge in [-0.25, -0.2) is 0 Å². The molecule has 1 amide bonds. The molecule has 0 radical (unpaired) electrons. The maximum Gasteiger partial charge on any atom is 0.299 e. The second-order valence-electron chi connectivity index (χ2n) is 4.63. The fourth-order valence-corrected chi connectivity index (χ4v) is 2.13. The Labute approximate surface area is 118 Å². The van der Waals surface area contributed by atoms with Crippen molar-refractivity contribution >= 4 is 17.4 Å².